The molecule has 0 fully saturated rings. The number of rotatable bonds is 4. The van der Waals surface area contributed by atoms with Gasteiger partial charge in [0, 0.05) is 11.5 Å². The molecule has 2 aliphatic rings. The highest BCUT2D eigenvalue weighted by Crippen LogP contribution is 2.58. The normalized spacial score (nSPS) is 26.4. The molecule has 0 saturated carbocycles. The average Bonchev–Trinajstić information content (AvgIpc) is 2.73. The minimum atomic E-state index is -1.82. The molecule has 1 aromatic carbocycles. The number of benzene rings is 1. The number of hydrogen-bond donors (Lipinski definition) is 1. The summed E-state index contributed by atoms with van der Waals surface area (Å²) in [5.74, 6) is -0.968. The van der Waals surface area contributed by atoms with Gasteiger partial charge in [0.05, 0.1) is 37.1 Å². The number of carbonyl (C=O) groups is 1. The molecule has 0 aliphatic heterocycles. The number of methoxy groups -OCH3 is 1. The summed E-state index contributed by atoms with van der Waals surface area (Å²) in [5.41, 5.74) is 6.27. The van der Waals surface area contributed by atoms with Crippen molar-refractivity contribution in [3.63, 3.8) is 0 Å². The molecule has 1 unspecified atom stereocenters. The van der Waals surface area contributed by atoms with Crippen molar-refractivity contribution in [2.24, 2.45) is 17.1 Å². The fourth-order valence-electron chi connectivity index (χ4n) is 4.54. The van der Waals surface area contributed by atoms with Crippen molar-refractivity contribution in [2.75, 3.05) is 13.7 Å². The molecular formula is C22H23N3O3. The molecule has 3 rings (SSSR count). The molecule has 2 N–H and O–H groups in total. The number of para-hydroxylation sites is 1. The zero-order chi connectivity index (χ0) is 20.3. The first-order valence-corrected chi connectivity index (χ1v) is 9.38. The number of ether oxygens (including phenoxy) is 2. The first kappa shape index (κ1) is 19.5. The summed E-state index contributed by atoms with van der Waals surface area (Å²) in [6.07, 6.45) is 4.55. The van der Waals surface area contributed by atoms with E-state index in [4.69, 9.17) is 15.2 Å². The van der Waals surface area contributed by atoms with Crippen LogP contribution in [0.3, 0.4) is 0 Å². The van der Waals surface area contributed by atoms with E-state index in [9.17, 15) is 15.3 Å². The maximum absolute atomic E-state index is 13.2. The van der Waals surface area contributed by atoms with Crippen LogP contribution in [0, 0.1) is 34.0 Å². The van der Waals surface area contributed by atoms with Gasteiger partial charge in [-0.2, -0.15) is 10.5 Å². The molecule has 144 valence electrons. The summed E-state index contributed by atoms with van der Waals surface area (Å²) in [4.78, 5) is 13.2. The van der Waals surface area contributed by atoms with Crippen LogP contribution < -0.4 is 10.5 Å². The minimum absolute atomic E-state index is 0.0336. The van der Waals surface area contributed by atoms with Crippen molar-refractivity contribution in [1.82, 2.24) is 0 Å². The van der Waals surface area contributed by atoms with E-state index in [0.717, 1.165) is 24.8 Å². The molecular weight excluding hydrogens is 354 g/mol. The molecule has 28 heavy (non-hydrogen) atoms. The minimum Gasteiger partial charge on any atom is -0.496 e. The molecule has 2 aliphatic carbocycles. The predicted octanol–water partition coefficient (Wildman–Crippen LogP) is 3.33. The highest BCUT2D eigenvalue weighted by molar-refractivity contribution is 5.89. The van der Waals surface area contributed by atoms with E-state index in [-0.39, 0.29) is 23.8 Å². The van der Waals surface area contributed by atoms with Crippen LogP contribution in [0.25, 0.3) is 0 Å². The largest absolute Gasteiger partial charge is 0.496 e. The lowest BCUT2D eigenvalue weighted by atomic mass is 9.55. The van der Waals surface area contributed by atoms with E-state index < -0.39 is 17.3 Å². The number of nitriles is 2. The molecule has 0 heterocycles. The van der Waals surface area contributed by atoms with E-state index in [1.54, 1.807) is 20.1 Å². The van der Waals surface area contributed by atoms with Crippen molar-refractivity contribution in [3.8, 4) is 17.9 Å². The van der Waals surface area contributed by atoms with Gasteiger partial charge in [-0.25, -0.2) is 4.79 Å². The van der Waals surface area contributed by atoms with Gasteiger partial charge in [-0.15, -0.1) is 0 Å². The summed E-state index contributed by atoms with van der Waals surface area (Å²) in [6.45, 7) is 1.78. The molecule has 0 spiro atoms. The van der Waals surface area contributed by atoms with Crippen LogP contribution in [-0.2, 0) is 9.53 Å². The predicted molar refractivity (Wildman–Crippen MR) is 103 cm³/mol. The van der Waals surface area contributed by atoms with Crippen molar-refractivity contribution < 1.29 is 14.3 Å². The first-order valence-electron chi connectivity index (χ1n) is 9.38. The Morgan fingerprint density at radius 2 is 2.11 bits per heavy atom. The van der Waals surface area contributed by atoms with E-state index >= 15 is 0 Å². The number of esters is 1. The second-order valence-electron chi connectivity index (χ2n) is 6.96. The van der Waals surface area contributed by atoms with Gasteiger partial charge in [-0.3, -0.25) is 0 Å². The number of fused-ring (bicyclic) bond motifs is 1. The Hall–Kier alpha value is -3.25. The van der Waals surface area contributed by atoms with Crippen LogP contribution in [0.15, 0.2) is 47.2 Å². The van der Waals surface area contributed by atoms with Gasteiger partial charge in [0.15, 0.2) is 5.41 Å². The Morgan fingerprint density at radius 1 is 1.36 bits per heavy atom. The van der Waals surface area contributed by atoms with Crippen LogP contribution in [-0.4, -0.2) is 19.7 Å². The Bertz CT molecular complexity index is 935. The number of nitrogens with zero attached hydrogens (tertiary/aromatic N) is 2. The summed E-state index contributed by atoms with van der Waals surface area (Å²) >= 11 is 0. The van der Waals surface area contributed by atoms with E-state index in [2.05, 4.69) is 12.1 Å². The zero-order valence-corrected chi connectivity index (χ0v) is 16.1. The van der Waals surface area contributed by atoms with Crippen LogP contribution in [0.1, 0.15) is 37.7 Å². The Labute approximate surface area is 164 Å². The van der Waals surface area contributed by atoms with Gasteiger partial charge < -0.3 is 15.2 Å². The van der Waals surface area contributed by atoms with Gasteiger partial charge in [-0.1, -0.05) is 24.3 Å². The van der Waals surface area contributed by atoms with Crippen molar-refractivity contribution in [3.05, 3.63) is 52.7 Å². The fraction of sp³-hybridized carbons (Fsp3) is 0.409. The first-order chi connectivity index (χ1) is 13.6. The number of hydrogen-bond acceptors (Lipinski definition) is 6. The van der Waals surface area contributed by atoms with Crippen molar-refractivity contribution >= 4 is 5.97 Å². The summed E-state index contributed by atoms with van der Waals surface area (Å²) in [7, 11) is 1.55. The Kier molecular flexibility index (Phi) is 5.42. The summed E-state index contributed by atoms with van der Waals surface area (Å²) in [6, 6.07) is 11.5. The Balaban J connectivity index is 2.39. The van der Waals surface area contributed by atoms with Crippen LogP contribution in [0.5, 0.6) is 5.75 Å². The number of carbonyl (C=O) groups excluding carboxylic acids is 1. The van der Waals surface area contributed by atoms with Crippen LogP contribution in [0.4, 0.5) is 0 Å². The third-order valence-corrected chi connectivity index (χ3v) is 5.69. The lowest BCUT2D eigenvalue weighted by Gasteiger charge is -2.45. The molecule has 6 nitrogen and oxygen atoms in total. The van der Waals surface area contributed by atoms with Gasteiger partial charge in [-0.05, 0) is 43.7 Å². The van der Waals surface area contributed by atoms with Crippen molar-refractivity contribution in [1.29, 1.82) is 10.5 Å². The fourth-order valence-corrected chi connectivity index (χ4v) is 4.54. The maximum atomic E-state index is 13.2. The lowest BCUT2D eigenvalue weighted by molar-refractivity contribution is -0.151. The molecule has 0 bridgehead atoms. The van der Waals surface area contributed by atoms with Gasteiger partial charge in [0.25, 0.3) is 0 Å². The van der Waals surface area contributed by atoms with E-state index in [1.807, 2.05) is 24.3 Å². The monoisotopic (exact) mass is 377 g/mol. The lowest BCUT2D eigenvalue weighted by Crippen LogP contribution is -2.48. The number of nitrogens with two attached hydrogens (primary N) is 1. The highest BCUT2D eigenvalue weighted by atomic mass is 16.5. The molecule has 0 radical (unpaired) electrons. The zero-order valence-electron chi connectivity index (χ0n) is 16.1. The van der Waals surface area contributed by atoms with Gasteiger partial charge in [0.1, 0.15) is 5.75 Å². The molecule has 0 saturated heterocycles. The summed E-state index contributed by atoms with van der Waals surface area (Å²) in [5, 5.41) is 20.2. The van der Waals surface area contributed by atoms with Crippen LogP contribution in [0.2, 0.25) is 0 Å². The highest BCUT2D eigenvalue weighted by Gasteiger charge is 2.59. The third kappa shape index (κ3) is 2.73. The van der Waals surface area contributed by atoms with E-state index in [0.29, 0.717) is 11.3 Å². The smallest absolute Gasteiger partial charge is 0.332 e. The second-order valence-corrected chi connectivity index (χ2v) is 6.96. The van der Waals surface area contributed by atoms with Crippen LogP contribution >= 0.6 is 0 Å². The van der Waals surface area contributed by atoms with Gasteiger partial charge in [0.2, 0.25) is 0 Å². The van der Waals surface area contributed by atoms with Gasteiger partial charge >= 0.3 is 5.97 Å². The molecule has 0 amide bonds. The molecule has 0 aromatic heterocycles. The second kappa shape index (κ2) is 7.78. The molecule has 3 atom stereocenters. The quantitative estimate of drug-likeness (QED) is 0.806. The van der Waals surface area contributed by atoms with Crippen molar-refractivity contribution in [2.45, 2.75) is 32.1 Å². The number of allylic oxidation sites excluding steroid dienone is 2. The average molecular weight is 377 g/mol. The SMILES string of the molecule is CCOC(=O)C1(C#N)C(C#N)=C(N)C2=CCCC[C@@H]2[C@H]1c1ccccc1OC. The molecule has 6 heteroatoms. The topological polar surface area (TPSA) is 109 Å². The third-order valence-electron chi connectivity index (χ3n) is 5.69. The maximum Gasteiger partial charge on any atom is 0.332 e. The summed E-state index contributed by atoms with van der Waals surface area (Å²) < 4.78 is 10.8. The molecule has 1 aromatic rings. The standard InChI is InChI=1S/C22H23N3O3/c1-3-28-21(26)22(13-24)17(12-23)20(25)15-9-5-4-8-14(15)19(22)16-10-6-7-11-18(16)27-2/h6-7,9-11,14,19H,3-5,8,25H2,1-2H3/t14-,19-,22?/m0/s1. The Morgan fingerprint density at radius 3 is 2.75 bits per heavy atom. The van der Waals surface area contributed by atoms with E-state index in [1.165, 1.54) is 0 Å².